The second kappa shape index (κ2) is 4.05. The first-order valence-corrected chi connectivity index (χ1v) is 5.40. The maximum atomic E-state index is 9.01. The van der Waals surface area contributed by atoms with Crippen LogP contribution in [0.15, 0.2) is 28.5 Å². The van der Waals surface area contributed by atoms with Crippen molar-refractivity contribution in [2.24, 2.45) is 0 Å². The maximum Gasteiger partial charge on any atom is 0.0642 e. The van der Waals surface area contributed by atoms with E-state index in [2.05, 4.69) is 28.2 Å². The minimum Gasteiger partial charge on any atom is -0.392 e. The Kier molecular flexibility index (Phi) is 2.78. The molecule has 0 saturated carbocycles. The van der Waals surface area contributed by atoms with Gasteiger partial charge in [-0.05, 0) is 40.9 Å². The number of thiophene rings is 1. The summed E-state index contributed by atoms with van der Waals surface area (Å²) in [4.78, 5) is 0. The summed E-state index contributed by atoms with van der Waals surface area (Å²) < 4.78 is 0. The van der Waals surface area contributed by atoms with Gasteiger partial charge >= 0.3 is 0 Å². The Labute approximate surface area is 81.9 Å². The predicted octanol–water partition coefficient (Wildman–Crippen LogP) is 1.70. The van der Waals surface area contributed by atoms with Gasteiger partial charge in [0.05, 0.1) is 12.6 Å². The lowest BCUT2D eigenvalue weighted by molar-refractivity contribution is 0.321. The average Bonchev–Trinajstić information content (AvgIpc) is 2.71. The molecule has 0 saturated heterocycles. The van der Waals surface area contributed by atoms with Gasteiger partial charge in [0, 0.05) is 0 Å². The molecule has 70 valence electrons. The van der Waals surface area contributed by atoms with Crippen LogP contribution in [0.3, 0.4) is 0 Å². The zero-order chi connectivity index (χ0) is 9.10. The maximum absolute atomic E-state index is 9.01. The molecule has 0 bridgehead atoms. The van der Waals surface area contributed by atoms with Crippen molar-refractivity contribution in [3.8, 4) is 0 Å². The van der Waals surface area contributed by atoms with Gasteiger partial charge in [0.1, 0.15) is 0 Å². The van der Waals surface area contributed by atoms with Gasteiger partial charge < -0.3 is 10.4 Å². The van der Waals surface area contributed by atoms with Crippen LogP contribution in [0.2, 0.25) is 0 Å². The summed E-state index contributed by atoms with van der Waals surface area (Å²) in [5, 5.41) is 16.6. The molecule has 1 aliphatic rings. The van der Waals surface area contributed by atoms with Crippen molar-refractivity contribution >= 4 is 11.3 Å². The highest BCUT2D eigenvalue weighted by atomic mass is 32.1. The van der Waals surface area contributed by atoms with E-state index in [0.29, 0.717) is 6.04 Å². The molecule has 1 aromatic rings. The molecule has 0 aliphatic carbocycles. The van der Waals surface area contributed by atoms with Crippen molar-refractivity contribution in [3.05, 3.63) is 34.0 Å². The molecule has 0 amide bonds. The SMILES string of the molecule is OCC1=C[C@@H](c2ccsc2)NCC1. The summed E-state index contributed by atoms with van der Waals surface area (Å²) in [6.07, 6.45) is 3.10. The first kappa shape index (κ1) is 8.94. The normalized spacial score (nSPS) is 22.8. The molecule has 1 atom stereocenters. The second-order valence-electron chi connectivity index (χ2n) is 3.22. The van der Waals surface area contributed by atoms with Crippen LogP contribution in [-0.4, -0.2) is 18.3 Å². The molecule has 2 heterocycles. The molecule has 0 radical (unpaired) electrons. The molecular weight excluding hydrogens is 182 g/mol. The third-order valence-electron chi connectivity index (χ3n) is 2.32. The third-order valence-corrected chi connectivity index (χ3v) is 3.02. The van der Waals surface area contributed by atoms with E-state index >= 15 is 0 Å². The Morgan fingerprint density at radius 2 is 2.54 bits per heavy atom. The minimum absolute atomic E-state index is 0.197. The van der Waals surface area contributed by atoms with E-state index in [-0.39, 0.29) is 6.61 Å². The van der Waals surface area contributed by atoms with E-state index in [1.807, 2.05) is 0 Å². The van der Waals surface area contributed by atoms with E-state index in [0.717, 1.165) is 18.5 Å². The summed E-state index contributed by atoms with van der Waals surface area (Å²) in [6.45, 7) is 1.16. The molecule has 0 aromatic carbocycles. The first-order valence-electron chi connectivity index (χ1n) is 4.46. The summed E-state index contributed by atoms with van der Waals surface area (Å²) in [6, 6.07) is 2.43. The van der Waals surface area contributed by atoms with Gasteiger partial charge in [0.25, 0.3) is 0 Å². The van der Waals surface area contributed by atoms with Crippen LogP contribution < -0.4 is 5.32 Å². The second-order valence-corrected chi connectivity index (χ2v) is 4.00. The van der Waals surface area contributed by atoms with Gasteiger partial charge in [-0.25, -0.2) is 0 Å². The number of aliphatic hydroxyl groups is 1. The van der Waals surface area contributed by atoms with Crippen LogP contribution in [0.25, 0.3) is 0 Å². The molecule has 0 unspecified atom stereocenters. The molecule has 1 aromatic heterocycles. The van der Waals surface area contributed by atoms with Crippen LogP contribution in [0.5, 0.6) is 0 Å². The topological polar surface area (TPSA) is 32.3 Å². The Balaban J connectivity index is 2.16. The van der Waals surface area contributed by atoms with Crippen molar-refractivity contribution in [2.75, 3.05) is 13.2 Å². The zero-order valence-electron chi connectivity index (χ0n) is 7.36. The van der Waals surface area contributed by atoms with Crippen LogP contribution in [0.1, 0.15) is 18.0 Å². The fourth-order valence-electron chi connectivity index (χ4n) is 1.56. The third kappa shape index (κ3) is 1.99. The van der Waals surface area contributed by atoms with Gasteiger partial charge in [-0.3, -0.25) is 0 Å². The summed E-state index contributed by atoms with van der Waals surface area (Å²) in [5.74, 6) is 0. The van der Waals surface area contributed by atoms with Crippen molar-refractivity contribution < 1.29 is 5.11 Å². The Hall–Kier alpha value is -0.640. The fourth-order valence-corrected chi connectivity index (χ4v) is 2.26. The Bertz CT molecular complexity index is 292. The minimum atomic E-state index is 0.197. The molecule has 2 nitrogen and oxygen atoms in total. The number of rotatable bonds is 2. The van der Waals surface area contributed by atoms with E-state index in [1.54, 1.807) is 11.3 Å². The molecular formula is C10H13NOS. The Morgan fingerprint density at radius 3 is 3.23 bits per heavy atom. The van der Waals surface area contributed by atoms with Crippen LogP contribution in [0.4, 0.5) is 0 Å². The Morgan fingerprint density at radius 1 is 1.62 bits per heavy atom. The highest BCUT2D eigenvalue weighted by molar-refractivity contribution is 7.07. The first-order chi connectivity index (χ1) is 6.40. The van der Waals surface area contributed by atoms with E-state index in [4.69, 9.17) is 5.11 Å². The molecule has 2 rings (SSSR count). The summed E-state index contributed by atoms with van der Waals surface area (Å²) >= 11 is 1.71. The smallest absolute Gasteiger partial charge is 0.0642 e. The van der Waals surface area contributed by atoms with Gasteiger partial charge in [-0.1, -0.05) is 6.08 Å². The molecule has 13 heavy (non-hydrogen) atoms. The molecule has 0 fully saturated rings. The lowest BCUT2D eigenvalue weighted by Crippen LogP contribution is -2.25. The van der Waals surface area contributed by atoms with Crippen molar-refractivity contribution in [1.82, 2.24) is 5.32 Å². The van der Waals surface area contributed by atoms with Crippen molar-refractivity contribution in [1.29, 1.82) is 0 Å². The largest absolute Gasteiger partial charge is 0.392 e. The fraction of sp³-hybridized carbons (Fsp3) is 0.400. The standard InChI is InChI=1S/C10H13NOS/c12-6-8-1-3-11-10(5-8)9-2-4-13-7-9/h2,4-5,7,10-12H,1,3,6H2/t10-/m0/s1. The highest BCUT2D eigenvalue weighted by Gasteiger charge is 2.13. The van der Waals surface area contributed by atoms with Crippen molar-refractivity contribution in [3.63, 3.8) is 0 Å². The lowest BCUT2D eigenvalue weighted by Gasteiger charge is -2.21. The quantitative estimate of drug-likeness (QED) is 0.704. The molecule has 2 N–H and O–H groups in total. The zero-order valence-corrected chi connectivity index (χ0v) is 8.18. The lowest BCUT2D eigenvalue weighted by atomic mass is 10.0. The average molecular weight is 195 g/mol. The number of nitrogens with one attached hydrogen (secondary N) is 1. The molecule has 1 aliphatic heterocycles. The molecule has 3 heteroatoms. The van der Waals surface area contributed by atoms with Crippen molar-refractivity contribution in [2.45, 2.75) is 12.5 Å². The van der Waals surface area contributed by atoms with Crippen LogP contribution in [0, 0.1) is 0 Å². The summed E-state index contributed by atoms with van der Waals surface area (Å²) in [5.41, 5.74) is 2.45. The van der Waals surface area contributed by atoms with Gasteiger partial charge in [0.15, 0.2) is 0 Å². The summed E-state index contributed by atoms with van der Waals surface area (Å²) in [7, 11) is 0. The van der Waals surface area contributed by atoms with Crippen LogP contribution in [-0.2, 0) is 0 Å². The van der Waals surface area contributed by atoms with Gasteiger partial charge in [-0.15, -0.1) is 0 Å². The number of hydrogen-bond donors (Lipinski definition) is 2. The van der Waals surface area contributed by atoms with E-state index in [9.17, 15) is 0 Å². The number of hydrogen-bond acceptors (Lipinski definition) is 3. The van der Waals surface area contributed by atoms with E-state index in [1.165, 1.54) is 5.56 Å². The van der Waals surface area contributed by atoms with E-state index < -0.39 is 0 Å². The molecule has 0 spiro atoms. The van der Waals surface area contributed by atoms with Gasteiger partial charge in [0.2, 0.25) is 0 Å². The number of aliphatic hydroxyl groups excluding tert-OH is 1. The monoisotopic (exact) mass is 195 g/mol. The predicted molar refractivity (Wildman–Crippen MR) is 54.8 cm³/mol. The van der Waals surface area contributed by atoms with Crippen LogP contribution >= 0.6 is 11.3 Å². The van der Waals surface area contributed by atoms with Gasteiger partial charge in [-0.2, -0.15) is 11.3 Å². The highest BCUT2D eigenvalue weighted by Crippen LogP contribution is 2.22.